The van der Waals surface area contributed by atoms with Crippen LogP contribution in [-0.4, -0.2) is 17.4 Å². The standard InChI is InChI=1S/C14H10F2N2O4/c15-9-5-10(16)7-11(6-9)17-14(19)8-22-13-4-2-1-3-12(13)18(20)21/h1-7H,8H2,(H,17,19). The van der Waals surface area contributed by atoms with Crippen LogP contribution >= 0.6 is 0 Å². The van der Waals surface area contributed by atoms with Gasteiger partial charge in [0.2, 0.25) is 0 Å². The Kier molecular flexibility index (Phi) is 4.62. The molecule has 0 spiro atoms. The van der Waals surface area contributed by atoms with Crippen molar-refractivity contribution in [2.45, 2.75) is 0 Å². The Morgan fingerprint density at radius 1 is 1.18 bits per heavy atom. The highest BCUT2D eigenvalue weighted by atomic mass is 19.1. The molecular weight excluding hydrogens is 298 g/mol. The predicted octanol–water partition coefficient (Wildman–Crippen LogP) is 2.89. The van der Waals surface area contributed by atoms with Crippen molar-refractivity contribution < 1.29 is 23.2 Å². The molecule has 114 valence electrons. The second-order valence-electron chi connectivity index (χ2n) is 4.22. The monoisotopic (exact) mass is 308 g/mol. The molecule has 0 aliphatic rings. The van der Waals surface area contributed by atoms with E-state index < -0.39 is 29.1 Å². The van der Waals surface area contributed by atoms with E-state index in [1.807, 2.05) is 0 Å². The van der Waals surface area contributed by atoms with Gasteiger partial charge in [0.05, 0.1) is 4.92 Å². The maximum absolute atomic E-state index is 13.0. The SMILES string of the molecule is O=C(COc1ccccc1[N+](=O)[O-])Nc1cc(F)cc(F)c1. The summed E-state index contributed by atoms with van der Waals surface area (Å²) in [6.45, 7) is -0.539. The Labute approximate surface area is 123 Å². The average Bonchev–Trinajstić information content (AvgIpc) is 2.44. The van der Waals surface area contributed by atoms with Gasteiger partial charge in [-0.3, -0.25) is 14.9 Å². The van der Waals surface area contributed by atoms with Gasteiger partial charge in [0.15, 0.2) is 12.4 Å². The van der Waals surface area contributed by atoms with E-state index in [-0.39, 0.29) is 17.1 Å². The van der Waals surface area contributed by atoms with Crippen LogP contribution in [0.4, 0.5) is 20.2 Å². The molecular formula is C14H10F2N2O4. The lowest BCUT2D eigenvalue weighted by Gasteiger charge is -2.08. The molecule has 0 saturated carbocycles. The highest BCUT2D eigenvalue weighted by molar-refractivity contribution is 5.91. The lowest BCUT2D eigenvalue weighted by molar-refractivity contribution is -0.385. The van der Waals surface area contributed by atoms with E-state index in [4.69, 9.17) is 4.74 Å². The molecule has 2 rings (SSSR count). The van der Waals surface area contributed by atoms with E-state index in [2.05, 4.69) is 5.32 Å². The number of hydrogen-bond donors (Lipinski definition) is 1. The smallest absolute Gasteiger partial charge is 0.310 e. The number of nitro benzene ring substituents is 1. The second kappa shape index (κ2) is 6.61. The zero-order valence-corrected chi connectivity index (χ0v) is 11.1. The van der Waals surface area contributed by atoms with Crippen LogP contribution in [0.5, 0.6) is 5.75 Å². The van der Waals surface area contributed by atoms with Crippen molar-refractivity contribution in [2.75, 3.05) is 11.9 Å². The minimum Gasteiger partial charge on any atom is -0.477 e. The van der Waals surface area contributed by atoms with Crippen LogP contribution < -0.4 is 10.1 Å². The molecule has 0 radical (unpaired) electrons. The number of carbonyl (C=O) groups is 1. The summed E-state index contributed by atoms with van der Waals surface area (Å²) >= 11 is 0. The molecule has 0 aliphatic heterocycles. The summed E-state index contributed by atoms with van der Waals surface area (Å²) in [6, 6.07) is 8.09. The number of nitrogens with one attached hydrogen (secondary N) is 1. The first-order valence-electron chi connectivity index (χ1n) is 6.08. The molecule has 6 nitrogen and oxygen atoms in total. The molecule has 0 saturated heterocycles. The van der Waals surface area contributed by atoms with Crippen LogP contribution in [0.1, 0.15) is 0 Å². The topological polar surface area (TPSA) is 81.5 Å². The van der Waals surface area contributed by atoms with Crippen molar-refractivity contribution in [1.82, 2.24) is 0 Å². The summed E-state index contributed by atoms with van der Waals surface area (Å²) in [5.41, 5.74) is -0.360. The van der Waals surface area contributed by atoms with Crippen LogP contribution in [0.25, 0.3) is 0 Å². The number of benzene rings is 2. The highest BCUT2D eigenvalue weighted by Gasteiger charge is 2.15. The summed E-state index contributed by atoms with van der Waals surface area (Å²) in [5.74, 6) is -2.46. The lowest BCUT2D eigenvalue weighted by Crippen LogP contribution is -2.20. The van der Waals surface area contributed by atoms with Gasteiger partial charge in [0, 0.05) is 17.8 Å². The van der Waals surface area contributed by atoms with Gasteiger partial charge in [0.25, 0.3) is 5.91 Å². The predicted molar refractivity (Wildman–Crippen MR) is 73.6 cm³/mol. The largest absolute Gasteiger partial charge is 0.477 e. The molecule has 8 heteroatoms. The third-order valence-corrected chi connectivity index (χ3v) is 2.57. The number of carbonyl (C=O) groups excluding carboxylic acids is 1. The maximum atomic E-state index is 13.0. The summed E-state index contributed by atoms with van der Waals surface area (Å²) in [6.07, 6.45) is 0. The molecule has 0 aromatic heterocycles. The van der Waals surface area contributed by atoms with Gasteiger partial charge >= 0.3 is 5.69 Å². The number of ether oxygens (including phenoxy) is 1. The van der Waals surface area contributed by atoms with Crippen LogP contribution in [-0.2, 0) is 4.79 Å². The lowest BCUT2D eigenvalue weighted by atomic mass is 10.3. The molecule has 0 atom stereocenters. The second-order valence-corrected chi connectivity index (χ2v) is 4.22. The van der Waals surface area contributed by atoms with E-state index >= 15 is 0 Å². The number of nitro groups is 1. The quantitative estimate of drug-likeness (QED) is 0.680. The Hall–Kier alpha value is -3.03. The van der Waals surface area contributed by atoms with Crippen molar-refractivity contribution in [3.05, 3.63) is 64.2 Å². The number of hydrogen-bond acceptors (Lipinski definition) is 4. The van der Waals surface area contributed by atoms with Crippen LogP contribution in [0, 0.1) is 21.7 Å². The van der Waals surface area contributed by atoms with Crippen LogP contribution in [0.2, 0.25) is 0 Å². The number of halogens is 2. The van der Waals surface area contributed by atoms with Gasteiger partial charge in [-0.15, -0.1) is 0 Å². The normalized spacial score (nSPS) is 10.1. The molecule has 0 bridgehead atoms. The minimum absolute atomic E-state index is 0.0753. The first kappa shape index (κ1) is 15.4. The molecule has 2 aromatic carbocycles. The summed E-state index contributed by atoms with van der Waals surface area (Å²) in [4.78, 5) is 21.8. The van der Waals surface area contributed by atoms with Crippen LogP contribution in [0.15, 0.2) is 42.5 Å². The molecule has 1 amide bonds. The Morgan fingerprint density at radius 2 is 1.82 bits per heavy atom. The van der Waals surface area contributed by atoms with Crippen molar-refractivity contribution in [3.63, 3.8) is 0 Å². The first-order chi connectivity index (χ1) is 10.5. The molecule has 0 aliphatic carbocycles. The number of amides is 1. The number of nitrogens with zero attached hydrogens (tertiary/aromatic N) is 1. The molecule has 1 N–H and O–H groups in total. The fourth-order valence-electron chi connectivity index (χ4n) is 1.70. The highest BCUT2D eigenvalue weighted by Crippen LogP contribution is 2.25. The number of para-hydroxylation sites is 2. The Bertz CT molecular complexity index is 701. The minimum atomic E-state index is -0.838. The van der Waals surface area contributed by atoms with Crippen molar-refractivity contribution in [3.8, 4) is 5.75 Å². The van der Waals surface area contributed by atoms with Crippen LogP contribution in [0.3, 0.4) is 0 Å². The summed E-state index contributed by atoms with van der Waals surface area (Å²) < 4.78 is 31.0. The van der Waals surface area contributed by atoms with Crippen molar-refractivity contribution in [1.29, 1.82) is 0 Å². The third kappa shape index (κ3) is 3.98. The van der Waals surface area contributed by atoms with Gasteiger partial charge in [0.1, 0.15) is 11.6 Å². The van der Waals surface area contributed by atoms with E-state index in [1.54, 1.807) is 0 Å². The zero-order chi connectivity index (χ0) is 16.1. The average molecular weight is 308 g/mol. The summed E-state index contributed by atoms with van der Waals surface area (Å²) in [7, 11) is 0. The Balaban J connectivity index is 2.00. The van der Waals surface area contributed by atoms with Gasteiger partial charge < -0.3 is 10.1 Å². The fraction of sp³-hybridized carbons (Fsp3) is 0.0714. The van der Waals surface area contributed by atoms with E-state index in [9.17, 15) is 23.7 Å². The van der Waals surface area contributed by atoms with E-state index in [1.165, 1.54) is 24.3 Å². The fourth-order valence-corrected chi connectivity index (χ4v) is 1.70. The molecule has 2 aromatic rings. The first-order valence-corrected chi connectivity index (χ1v) is 6.08. The molecule has 0 heterocycles. The summed E-state index contributed by atoms with van der Waals surface area (Å²) in [5, 5.41) is 13.0. The number of anilines is 1. The van der Waals surface area contributed by atoms with E-state index in [0.29, 0.717) is 6.07 Å². The maximum Gasteiger partial charge on any atom is 0.310 e. The molecule has 22 heavy (non-hydrogen) atoms. The van der Waals surface area contributed by atoms with Gasteiger partial charge in [-0.2, -0.15) is 0 Å². The molecule has 0 fully saturated rings. The van der Waals surface area contributed by atoms with E-state index in [0.717, 1.165) is 12.1 Å². The van der Waals surface area contributed by atoms with Gasteiger partial charge in [-0.1, -0.05) is 12.1 Å². The third-order valence-electron chi connectivity index (χ3n) is 2.57. The van der Waals surface area contributed by atoms with Crippen molar-refractivity contribution >= 4 is 17.3 Å². The zero-order valence-electron chi connectivity index (χ0n) is 11.1. The Morgan fingerprint density at radius 3 is 2.45 bits per heavy atom. The van der Waals surface area contributed by atoms with Crippen molar-refractivity contribution in [2.24, 2.45) is 0 Å². The van der Waals surface area contributed by atoms with Gasteiger partial charge in [-0.25, -0.2) is 8.78 Å². The van der Waals surface area contributed by atoms with Gasteiger partial charge in [-0.05, 0) is 18.2 Å². The number of rotatable bonds is 5. The molecule has 0 unspecified atom stereocenters.